The molecule has 1 atom stereocenters. The van der Waals surface area contributed by atoms with Crippen molar-refractivity contribution < 1.29 is 14.1 Å². The van der Waals surface area contributed by atoms with E-state index in [0.717, 1.165) is 11.1 Å². The normalized spacial score (nSPS) is 15.6. The van der Waals surface area contributed by atoms with Gasteiger partial charge in [-0.25, -0.2) is 4.39 Å². The van der Waals surface area contributed by atoms with E-state index in [0.29, 0.717) is 31.6 Å². The molecule has 0 spiro atoms. The van der Waals surface area contributed by atoms with Crippen LogP contribution in [-0.4, -0.2) is 52.9 Å². The Labute approximate surface area is 178 Å². The number of anilines is 2. The number of aromatic nitrogens is 1. The average Bonchev–Trinajstić information content (AvgIpc) is 2.79. The molecule has 3 aromatic rings. The van der Waals surface area contributed by atoms with Gasteiger partial charge in [-0.05, 0) is 31.2 Å². The zero-order chi connectivity index (χ0) is 22.0. The minimum atomic E-state index is -0.465. The first-order valence-corrected chi connectivity index (χ1v) is 10.0. The summed E-state index contributed by atoms with van der Waals surface area (Å²) in [4.78, 5) is 31.8. The number of fused-ring (bicyclic) bond motifs is 1. The van der Waals surface area contributed by atoms with E-state index in [1.807, 2.05) is 4.90 Å². The molecule has 2 aromatic carbocycles. The number of rotatable bonds is 5. The van der Waals surface area contributed by atoms with Crippen molar-refractivity contribution in [1.29, 1.82) is 0 Å². The van der Waals surface area contributed by atoms with Gasteiger partial charge in [0.15, 0.2) is 0 Å². The third kappa shape index (κ3) is 4.17. The molecule has 0 radical (unpaired) electrons. The van der Waals surface area contributed by atoms with Gasteiger partial charge in [0, 0.05) is 55.7 Å². The molecule has 1 saturated heterocycles. The summed E-state index contributed by atoms with van der Waals surface area (Å²) in [6, 6.07) is 10.7. The second-order valence-corrected chi connectivity index (χ2v) is 7.45. The Bertz CT molecular complexity index is 1130. The van der Waals surface area contributed by atoms with Crippen LogP contribution in [0.15, 0.2) is 54.9 Å². The standard InChI is InChI=1S/C22H22FN5O3/c1-15(22(29)25-19-5-3-2-4-18(19)23)26-10-12-27(13-11-26)20-6-7-21(28(30)31)17-14-24-9-8-16(17)20/h2-9,14-15H,10-13H2,1H3,(H,25,29)/t15-/m1/s1. The van der Waals surface area contributed by atoms with Crippen molar-refractivity contribution in [2.24, 2.45) is 0 Å². The summed E-state index contributed by atoms with van der Waals surface area (Å²) >= 11 is 0. The Kier molecular flexibility index (Phi) is 5.77. The molecule has 4 rings (SSSR count). The number of piperazine rings is 1. The third-order valence-corrected chi connectivity index (χ3v) is 5.68. The molecule has 0 aliphatic carbocycles. The first-order chi connectivity index (χ1) is 15.0. The van der Waals surface area contributed by atoms with Crippen molar-refractivity contribution in [2.45, 2.75) is 13.0 Å². The maximum atomic E-state index is 13.8. The first kappa shape index (κ1) is 20.7. The number of non-ortho nitro benzene ring substituents is 1. The molecule has 9 heteroatoms. The van der Waals surface area contributed by atoms with Crippen LogP contribution in [0.3, 0.4) is 0 Å². The number of hydrogen-bond donors (Lipinski definition) is 1. The molecule has 160 valence electrons. The van der Waals surface area contributed by atoms with Gasteiger partial charge >= 0.3 is 0 Å². The summed E-state index contributed by atoms with van der Waals surface area (Å²) in [6.45, 7) is 4.39. The fourth-order valence-electron chi connectivity index (χ4n) is 3.91. The number of para-hydroxylation sites is 1. The Hall–Kier alpha value is -3.59. The van der Waals surface area contributed by atoms with Crippen molar-refractivity contribution in [2.75, 3.05) is 36.4 Å². The molecule has 0 saturated carbocycles. The van der Waals surface area contributed by atoms with E-state index >= 15 is 0 Å². The zero-order valence-corrected chi connectivity index (χ0v) is 17.0. The molecule has 1 aliphatic rings. The van der Waals surface area contributed by atoms with Gasteiger partial charge in [0.1, 0.15) is 5.82 Å². The number of nitrogens with zero attached hydrogens (tertiary/aromatic N) is 4. The maximum Gasteiger partial charge on any atom is 0.278 e. The maximum absolute atomic E-state index is 13.8. The van der Waals surface area contributed by atoms with Gasteiger partial charge in [0.05, 0.1) is 22.0 Å². The lowest BCUT2D eigenvalue weighted by molar-refractivity contribution is -0.383. The van der Waals surface area contributed by atoms with Crippen molar-refractivity contribution in [3.63, 3.8) is 0 Å². The summed E-state index contributed by atoms with van der Waals surface area (Å²) in [5, 5.41) is 15.3. The number of carbonyl (C=O) groups is 1. The van der Waals surface area contributed by atoms with Gasteiger partial charge in [-0.3, -0.25) is 24.8 Å². The third-order valence-electron chi connectivity index (χ3n) is 5.68. The van der Waals surface area contributed by atoms with E-state index in [-0.39, 0.29) is 17.3 Å². The molecule has 2 heterocycles. The van der Waals surface area contributed by atoms with E-state index in [1.54, 1.807) is 37.4 Å². The number of nitro groups is 1. The van der Waals surface area contributed by atoms with Crippen LogP contribution < -0.4 is 10.2 Å². The van der Waals surface area contributed by atoms with Gasteiger partial charge in [-0.1, -0.05) is 12.1 Å². The molecular formula is C22H22FN5O3. The van der Waals surface area contributed by atoms with E-state index in [9.17, 15) is 19.3 Å². The summed E-state index contributed by atoms with van der Waals surface area (Å²) in [7, 11) is 0. The largest absolute Gasteiger partial charge is 0.368 e. The van der Waals surface area contributed by atoms with Crippen molar-refractivity contribution in [3.05, 3.63) is 70.8 Å². The highest BCUT2D eigenvalue weighted by Crippen LogP contribution is 2.33. The van der Waals surface area contributed by atoms with Crippen molar-refractivity contribution in [1.82, 2.24) is 9.88 Å². The predicted molar refractivity (Wildman–Crippen MR) is 117 cm³/mol. The first-order valence-electron chi connectivity index (χ1n) is 10.0. The van der Waals surface area contributed by atoms with Crippen molar-refractivity contribution in [3.8, 4) is 0 Å². The summed E-state index contributed by atoms with van der Waals surface area (Å²) < 4.78 is 13.8. The monoisotopic (exact) mass is 423 g/mol. The van der Waals surface area contributed by atoms with Crippen LogP contribution in [0.4, 0.5) is 21.5 Å². The molecular weight excluding hydrogens is 401 g/mol. The van der Waals surface area contributed by atoms with Crippen LogP contribution in [0.5, 0.6) is 0 Å². The number of benzene rings is 2. The fourth-order valence-corrected chi connectivity index (χ4v) is 3.91. The van der Waals surface area contributed by atoms with Crippen molar-refractivity contribution >= 4 is 33.7 Å². The topological polar surface area (TPSA) is 91.6 Å². The number of halogens is 1. The smallest absolute Gasteiger partial charge is 0.278 e. The number of nitro benzene ring substituents is 1. The zero-order valence-electron chi connectivity index (χ0n) is 17.0. The molecule has 1 aromatic heterocycles. The van der Waals surface area contributed by atoms with Gasteiger partial charge in [0.2, 0.25) is 5.91 Å². The number of amides is 1. The van der Waals surface area contributed by atoms with E-state index < -0.39 is 16.8 Å². The number of hydrogen-bond acceptors (Lipinski definition) is 6. The predicted octanol–water partition coefficient (Wildman–Crippen LogP) is 3.43. The minimum absolute atomic E-state index is 0.0314. The van der Waals surface area contributed by atoms with Gasteiger partial charge in [-0.15, -0.1) is 0 Å². The Morgan fingerprint density at radius 3 is 2.58 bits per heavy atom. The molecule has 1 N–H and O–H groups in total. The van der Waals surface area contributed by atoms with Crippen LogP contribution in [-0.2, 0) is 4.79 Å². The minimum Gasteiger partial charge on any atom is -0.368 e. The highest BCUT2D eigenvalue weighted by atomic mass is 19.1. The van der Waals surface area contributed by atoms with E-state index in [2.05, 4.69) is 15.2 Å². The number of pyridine rings is 1. The summed E-state index contributed by atoms with van der Waals surface area (Å²) in [5.41, 5.74) is 1.11. The number of nitrogens with one attached hydrogen (secondary N) is 1. The molecule has 0 unspecified atom stereocenters. The summed E-state index contributed by atoms with van der Waals surface area (Å²) in [5.74, 6) is -0.724. The molecule has 1 fully saturated rings. The quantitative estimate of drug-likeness (QED) is 0.499. The SMILES string of the molecule is C[C@H](C(=O)Nc1ccccc1F)N1CCN(c2ccc([N+](=O)[O-])c3cnccc23)CC1. The molecule has 0 bridgehead atoms. The van der Waals surface area contributed by atoms with Gasteiger partial charge in [-0.2, -0.15) is 0 Å². The fraction of sp³-hybridized carbons (Fsp3) is 0.273. The van der Waals surface area contributed by atoms with Gasteiger partial charge < -0.3 is 10.2 Å². The van der Waals surface area contributed by atoms with Gasteiger partial charge in [0.25, 0.3) is 5.69 Å². The molecule has 1 amide bonds. The molecule has 8 nitrogen and oxygen atoms in total. The number of carbonyl (C=O) groups excluding carboxylic acids is 1. The van der Waals surface area contributed by atoms with Crippen LogP contribution in [0.2, 0.25) is 0 Å². The lowest BCUT2D eigenvalue weighted by atomic mass is 10.1. The second kappa shape index (κ2) is 8.65. The van der Waals surface area contributed by atoms with E-state index in [1.165, 1.54) is 24.4 Å². The molecule has 31 heavy (non-hydrogen) atoms. The van der Waals surface area contributed by atoms with Crippen LogP contribution in [0, 0.1) is 15.9 Å². The summed E-state index contributed by atoms with van der Waals surface area (Å²) in [6.07, 6.45) is 3.14. The van der Waals surface area contributed by atoms with Crippen LogP contribution >= 0.6 is 0 Å². The Morgan fingerprint density at radius 1 is 1.13 bits per heavy atom. The van der Waals surface area contributed by atoms with E-state index in [4.69, 9.17) is 0 Å². The van der Waals surface area contributed by atoms with Crippen LogP contribution in [0.25, 0.3) is 10.8 Å². The van der Waals surface area contributed by atoms with Crippen LogP contribution in [0.1, 0.15) is 6.92 Å². The lowest BCUT2D eigenvalue weighted by Gasteiger charge is -2.38. The lowest BCUT2D eigenvalue weighted by Crippen LogP contribution is -2.52. The highest BCUT2D eigenvalue weighted by Gasteiger charge is 2.27. The Balaban J connectivity index is 1.45. The highest BCUT2D eigenvalue weighted by molar-refractivity contribution is 5.99. The molecule has 1 aliphatic heterocycles. The second-order valence-electron chi connectivity index (χ2n) is 7.45. The Morgan fingerprint density at radius 2 is 1.87 bits per heavy atom. The average molecular weight is 423 g/mol.